The number of rotatable bonds is 9. The summed E-state index contributed by atoms with van der Waals surface area (Å²) in [6, 6.07) is 21.3. The normalized spacial score (nSPS) is 11.5. The molecule has 0 unspecified atom stereocenters. The molecule has 35 heavy (non-hydrogen) atoms. The molecule has 0 saturated carbocycles. The summed E-state index contributed by atoms with van der Waals surface area (Å²) < 4.78 is 15.9. The zero-order valence-corrected chi connectivity index (χ0v) is 19.5. The summed E-state index contributed by atoms with van der Waals surface area (Å²) in [6.07, 6.45) is 1.42. The second kappa shape index (κ2) is 11.1. The van der Waals surface area contributed by atoms with E-state index in [0.717, 1.165) is 22.0 Å². The molecule has 1 atom stereocenters. The second-order valence-corrected chi connectivity index (χ2v) is 7.91. The predicted molar refractivity (Wildman–Crippen MR) is 134 cm³/mol. The summed E-state index contributed by atoms with van der Waals surface area (Å²) in [5.74, 6) is 0.661. The molecule has 3 aromatic carbocycles. The van der Waals surface area contributed by atoms with Gasteiger partial charge in [0.1, 0.15) is 24.1 Å². The third-order valence-corrected chi connectivity index (χ3v) is 5.54. The Balaban J connectivity index is 1.53. The highest BCUT2D eigenvalue weighted by Crippen LogP contribution is 2.26. The van der Waals surface area contributed by atoms with Crippen LogP contribution in [0.1, 0.15) is 11.1 Å². The van der Waals surface area contributed by atoms with Crippen molar-refractivity contribution in [2.75, 3.05) is 19.5 Å². The molecule has 0 bridgehead atoms. The number of benzene rings is 3. The van der Waals surface area contributed by atoms with Crippen molar-refractivity contribution in [3.05, 3.63) is 90.1 Å². The first-order valence-electron chi connectivity index (χ1n) is 11.1. The molecule has 0 aliphatic rings. The van der Waals surface area contributed by atoms with E-state index in [1.807, 2.05) is 60.8 Å². The van der Waals surface area contributed by atoms with E-state index in [2.05, 4.69) is 15.6 Å². The van der Waals surface area contributed by atoms with Crippen molar-refractivity contribution in [3.63, 3.8) is 0 Å². The quantitative estimate of drug-likeness (QED) is 0.328. The fourth-order valence-electron chi connectivity index (χ4n) is 3.75. The molecule has 1 aromatic heterocycles. The van der Waals surface area contributed by atoms with Gasteiger partial charge in [0.05, 0.1) is 14.2 Å². The van der Waals surface area contributed by atoms with Gasteiger partial charge in [0.15, 0.2) is 0 Å². The maximum atomic E-state index is 13.3. The lowest BCUT2D eigenvalue weighted by molar-refractivity contribution is -0.118. The molecule has 0 aliphatic heterocycles. The van der Waals surface area contributed by atoms with Gasteiger partial charge in [0.25, 0.3) is 0 Å². The number of H-pyrrole nitrogens is 1. The van der Waals surface area contributed by atoms with Crippen LogP contribution >= 0.6 is 0 Å². The van der Waals surface area contributed by atoms with Crippen LogP contribution in [0.4, 0.5) is 10.5 Å². The summed E-state index contributed by atoms with van der Waals surface area (Å²) in [5, 5.41) is 6.55. The summed E-state index contributed by atoms with van der Waals surface area (Å²) >= 11 is 0. The van der Waals surface area contributed by atoms with Crippen molar-refractivity contribution in [2.45, 2.75) is 19.1 Å². The van der Waals surface area contributed by atoms with Crippen LogP contribution in [0.25, 0.3) is 10.9 Å². The maximum Gasteiger partial charge on any atom is 0.408 e. The lowest BCUT2D eigenvalue weighted by Crippen LogP contribution is -2.45. The Labute approximate surface area is 203 Å². The van der Waals surface area contributed by atoms with Crippen LogP contribution in [0.3, 0.4) is 0 Å². The molecule has 180 valence electrons. The number of anilines is 1. The number of carbonyl (C=O) groups is 2. The highest BCUT2D eigenvalue weighted by atomic mass is 16.5. The minimum atomic E-state index is -0.894. The molecular weight excluding hydrogens is 446 g/mol. The van der Waals surface area contributed by atoms with Crippen LogP contribution in [0.5, 0.6) is 11.5 Å². The number of hydrogen-bond acceptors (Lipinski definition) is 5. The van der Waals surface area contributed by atoms with Gasteiger partial charge in [-0.15, -0.1) is 0 Å². The van der Waals surface area contributed by atoms with Crippen molar-refractivity contribution in [1.29, 1.82) is 0 Å². The van der Waals surface area contributed by atoms with Gasteiger partial charge < -0.3 is 29.8 Å². The van der Waals surface area contributed by atoms with E-state index >= 15 is 0 Å². The fourth-order valence-corrected chi connectivity index (χ4v) is 3.75. The number of nitrogens with one attached hydrogen (secondary N) is 3. The van der Waals surface area contributed by atoms with E-state index < -0.39 is 18.0 Å². The van der Waals surface area contributed by atoms with Crippen LogP contribution in [0, 0.1) is 0 Å². The van der Waals surface area contributed by atoms with Gasteiger partial charge in [0.2, 0.25) is 5.91 Å². The highest BCUT2D eigenvalue weighted by Gasteiger charge is 2.24. The van der Waals surface area contributed by atoms with Crippen molar-refractivity contribution in [3.8, 4) is 11.5 Å². The highest BCUT2D eigenvalue weighted by molar-refractivity contribution is 5.97. The number of carbonyl (C=O) groups excluding carboxylic acids is 2. The van der Waals surface area contributed by atoms with Crippen molar-refractivity contribution in [1.82, 2.24) is 10.3 Å². The molecular formula is C27H27N3O5. The Morgan fingerprint density at radius 1 is 0.914 bits per heavy atom. The number of para-hydroxylation sites is 1. The average Bonchev–Trinajstić information content (AvgIpc) is 3.30. The van der Waals surface area contributed by atoms with Gasteiger partial charge >= 0.3 is 6.09 Å². The van der Waals surface area contributed by atoms with E-state index in [-0.39, 0.29) is 13.0 Å². The molecule has 0 spiro atoms. The number of aromatic amines is 1. The van der Waals surface area contributed by atoms with Crippen LogP contribution in [0.2, 0.25) is 0 Å². The predicted octanol–water partition coefficient (Wildman–Crippen LogP) is 4.66. The van der Waals surface area contributed by atoms with E-state index in [0.29, 0.717) is 17.2 Å². The Morgan fingerprint density at radius 2 is 1.60 bits per heavy atom. The number of hydrogen-bond donors (Lipinski definition) is 3. The molecule has 0 radical (unpaired) electrons. The zero-order chi connectivity index (χ0) is 24.6. The first-order chi connectivity index (χ1) is 17.1. The third-order valence-electron chi connectivity index (χ3n) is 5.54. The molecule has 3 N–H and O–H groups in total. The zero-order valence-electron chi connectivity index (χ0n) is 19.5. The molecule has 0 fully saturated rings. The number of aromatic nitrogens is 1. The van der Waals surface area contributed by atoms with Crippen LogP contribution in [0.15, 0.2) is 79.0 Å². The van der Waals surface area contributed by atoms with Gasteiger partial charge in [-0.2, -0.15) is 0 Å². The number of alkyl carbamates (subject to hydrolysis) is 1. The molecule has 4 aromatic rings. The third kappa shape index (κ3) is 6.11. The maximum absolute atomic E-state index is 13.3. The van der Waals surface area contributed by atoms with E-state index in [4.69, 9.17) is 14.2 Å². The molecule has 8 heteroatoms. The second-order valence-electron chi connectivity index (χ2n) is 7.91. The molecule has 2 amide bonds. The lowest BCUT2D eigenvalue weighted by atomic mass is 10.0. The Bertz CT molecular complexity index is 1280. The summed E-state index contributed by atoms with van der Waals surface area (Å²) in [6.45, 7) is 0.0984. The van der Waals surface area contributed by atoms with E-state index in [9.17, 15) is 9.59 Å². The van der Waals surface area contributed by atoms with E-state index in [1.165, 1.54) is 14.2 Å². The SMILES string of the molecule is COc1cc(NC(=O)[C@H](Cc2c[nH]c3ccccc23)NC(=O)OCc2ccccc2)cc(OC)c1. The molecule has 0 saturated heterocycles. The van der Waals surface area contributed by atoms with Crippen LogP contribution in [-0.2, 0) is 22.6 Å². The first kappa shape index (κ1) is 23.7. The van der Waals surface area contributed by atoms with Gasteiger partial charge in [-0.1, -0.05) is 48.5 Å². The molecule has 4 rings (SSSR count). The Morgan fingerprint density at radius 3 is 2.31 bits per heavy atom. The monoisotopic (exact) mass is 473 g/mol. The number of ether oxygens (including phenoxy) is 3. The molecule has 0 aliphatic carbocycles. The van der Waals surface area contributed by atoms with Gasteiger partial charge in [0, 0.05) is 47.4 Å². The number of methoxy groups -OCH3 is 2. The lowest BCUT2D eigenvalue weighted by Gasteiger charge is -2.19. The fraction of sp³-hybridized carbons (Fsp3) is 0.185. The number of amides is 2. The molecule has 1 heterocycles. The topological polar surface area (TPSA) is 102 Å². The summed E-state index contributed by atoms with van der Waals surface area (Å²) in [7, 11) is 3.06. The first-order valence-corrected chi connectivity index (χ1v) is 11.1. The Kier molecular flexibility index (Phi) is 7.52. The van der Waals surface area contributed by atoms with Crippen molar-refractivity contribution >= 4 is 28.6 Å². The van der Waals surface area contributed by atoms with Gasteiger partial charge in [-0.3, -0.25) is 4.79 Å². The minimum absolute atomic E-state index is 0.0984. The summed E-state index contributed by atoms with van der Waals surface area (Å²) in [5.41, 5.74) is 3.18. The number of fused-ring (bicyclic) bond motifs is 1. The largest absolute Gasteiger partial charge is 0.497 e. The van der Waals surface area contributed by atoms with Gasteiger partial charge in [-0.25, -0.2) is 4.79 Å². The van der Waals surface area contributed by atoms with E-state index in [1.54, 1.807) is 18.2 Å². The van der Waals surface area contributed by atoms with Crippen molar-refractivity contribution < 1.29 is 23.8 Å². The molecule has 8 nitrogen and oxygen atoms in total. The average molecular weight is 474 g/mol. The minimum Gasteiger partial charge on any atom is -0.497 e. The van der Waals surface area contributed by atoms with Crippen molar-refractivity contribution in [2.24, 2.45) is 0 Å². The Hall–Kier alpha value is -4.46. The smallest absolute Gasteiger partial charge is 0.408 e. The van der Waals surface area contributed by atoms with Crippen LogP contribution < -0.4 is 20.1 Å². The standard InChI is InChI=1S/C27H27N3O5/c1-33-21-13-20(14-22(15-21)34-2)29-26(31)25(12-19-16-28-24-11-7-6-10-23(19)24)30-27(32)35-17-18-8-4-3-5-9-18/h3-11,13-16,25,28H,12,17H2,1-2H3,(H,29,31)(H,30,32)/t25-/m0/s1. The van der Waals surface area contributed by atoms with Gasteiger partial charge in [-0.05, 0) is 17.2 Å². The summed E-state index contributed by atoms with van der Waals surface area (Å²) in [4.78, 5) is 29.1. The van der Waals surface area contributed by atoms with Crippen LogP contribution in [-0.4, -0.2) is 37.2 Å².